The van der Waals surface area contributed by atoms with E-state index in [4.69, 9.17) is 16.3 Å². The molecule has 7 heteroatoms. The summed E-state index contributed by atoms with van der Waals surface area (Å²) < 4.78 is 5.32. The Kier molecular flexibility index (Phi) is 6.22. The number of hydrogen-bond acceptors (Lipinski definition) is 5. The number of carbonyl (C=O) groups excluding carboxylic acids is 1. The number of anilines is 2. The number of nitrogens with one attached hydrogen (secondary N) is 2. The van der Waals surface area contributed by atoms with Crippen LogP contribution in [0.25, 0.3) is 0 Å². The SMILES string of the molecule is COc1ccccc1CCNC(=O)c1cc(Nc2cccc(Cl)c2)ncn1. The van der Waals surface area contributed by atoms with Crippen molar-refractivity contribution in [1.82, 2.24) is 15.3 Å². The number of para-hydroxylation sites is 1. The molecular weight excluding hydrogens is 364 g/mol. The molecule has 2 aromatic carbocycles. The fourth-order valence-corrected chi connectivity index (χ4v) is 2.77. The van der Waals surface area contributed by atoms with E-state index < -0.39 is 0 Å². The van der Waals surface area contributed by atoms with E-state index in [1.807, 2.05) is 36.4 Å². The molecule has 0 fully saturated rings. The van der Waals surface area contributed by atoms with Gasteiger partial charge in [-0.3, -0.25) is 4.79 Å². The fourth-order valence-electron chi connectivity index (χ4n) is 2.57. The van der Waals surface area contributed by atoms with Crippen LogP contribution >= 0.6 is 11.6 Å². The molecule has 0 aliphatic carbocycles. The summed E-state index contributed by atoms with van der Waals surface area (Å²) >= 11 is 5.98. The highest BCUT2D eigenvalue weighted by molar-refractivity contribution is 6.30. The van der Waals surface area contributed by atoms with Crippen molar-refractivity contribution < 1.29 is 9.53 Å². The van der Waals surface area contributed by atoms with Crippen LogP contribution in [0.2, 0.25) is 5.02 Å². The molecule has 0 bridgehead atoms. The number of nitrogens with zero attached hydrogens (tertiary/aromatic N) is 2. The van der Waals surface area contributed by atoms with Crippen LogP contribution in [0.1, 0.15) is 16.1 Å². The molecule has 1 aromatic heterocycles. The lowest BCUT2D eigenvalue weighted by Gasteiger charge is -2.10. The highest BCUT2D eigenvalue weighted by atomic mass is 35.5. The van der Waals surface area contributed by atoms with Gasteiger partial charge in [0.1, 0.15) is 23.6 Å². The molecule has 1 heterocycles. The van der Waals surface area contributed by atoms with Crippen molar-refractivity contribution in [2.75, 3.05) is 19.0 Å². The second-order valence-corrected chi connectivity index (χ2v) is 6.18. The molecule has 6 nitrogen and oxygen atoms in total. The summed E-state index contributed by atoms with van der Waals surface area (Å²) in [6.07, 6.45) is 2.01. The Morgan fingerprint density at radius 3 is 2.78 bits per heavy atom. The Hall–Kier alpha value is -3.12. The van der Waals surface area contributed by atoms with Crippen LogP contribution in [0, 0.1) is 0 Å². The number of amides is 1. The molecule has 138 valence electrons. The van der Waals surface area contributed by atoms with Gasteiger partial charge in [-0.15, -0.1) is 0 Å². The molecule has 3 aromatic rings. The first-order valence-corrected chi connectivity index (χ1v) is 8.78. The lowest BCUT2D eigenvalue weighted by atomic mass is 10.1. The van der Waals surface area contributed by atoms with E-state index in [-0.39, 0.29) is 11.6 Å². The summed E-state index contributed by atoms with van der Waals surface area (Å²) in [6, 6.07) is 16.6. The summed E-state index contributed by atoms with van der Waals surface area (Å²) in [7, 11) is 1.63. The molecular formula is C20H19ClN4O2. The van der Waals surface area contributed by atoms with Gasteiger partial charge in [-0.1, -0.05) is 35.9 Å². The molecule has 1 amide bonds. The lowest BCUT2D eigenvalue weighted by molar-refractivity contribution is 0.0949. The number of ether oxygens (including phenoxy) is 1. The Bertz CT molecular complexity index is 933. The van der Waals surface area contributed by atoms with Gasteiger partial charge in [-0.2, -0.15) is 0 Å². The van der Waals surface area contributed by atoms with Gasteiger partial charge in [0.15, 0.2) is 0 Å². The van der Waals surface area contributed by atoms with Crippen LogP contribution < -0.4 is 15.4 Å². The minimum absolute atomic E-state index is 0.263. The third-order valence-electron chi connectivity index (χ3n) is 3.87. The Balaban J connectivity index is 1.60. The fraction of sp³-hybridized carbons (Fsp3) is 0.150. The van der Waals surface area contributed by atoms with Gasteiger partial charge in [0, 0.05) is 23.3 Å². The summed E-state index contributed by atoms with van der Waals surface area (Å²) in [4.78, 5) is 20.5. The zero-order valence-corrected chi connectivity index (χ0v) is 15.5. The maximum Gasteiger partial charge on any atom is 0.270 e. The minimum atomic E-state index is -0.263. The van der Waals surface area contributed by atoms with Crippen LogP contribution in [0.5, 0.6) is 5.75 Å². The maximum absolute atomic E-state index is 12.4. The quantitative estimate of drug-likeness (QED) is 0.649. The van der Waals surface area contributed by atoms with Gasteiger partial charge >= 0.3 is 0 Å². The van der Waals surface area contributed by atoms with Crippen molar-refractivity contribution in [3.63, 3.8) is 0 Å². The van der Waals surface area contributed by atoms with E-state index in [0.717, 1.165) is 17.0 Å². The average molecular weight is 383 g/mol. The predicted octanol–water partition coefficient (Wildman–Crippen LogP) is 3.85. The average Bonchev–Trinajstić information content (AvgIpc) is 2.68. The normalized spacial score (nSPS) is 10.3. The number of benzene rings is 2. The molecule has 0 atom stereocenters. The largest absolute Gasteiger partial charge is 0.496 e. The molecule has 0 spiro atoms. The van der Waals surface area contributed by atoms with Gasteiger partial charge in [0.25, 0.3) is 5.91 Å². The summed E-state index contributed by atoms with van der Waals surface area (Å²) in [5, 5.41) is 6.58. The number of hydrogen-bond donors (Lipinski definition) is 2. The molecule has 0 saturated carbocycles. The van der Waals surface area contributed by atoms with Crippen molar-refractivity contribution in [1.29, 1.82) is 0 Å². The molecule has 0 aliphatic heterocycles. The van der Waals surface area contributed by atoms with Crippen LogP contribution in [-0.4, -0.2) is 29.5 Å². The van der Waals surface area contributed by atoms with E-state index >= 15 is 0 Å². The van der Waals surface area contributed by atoms with E-state index in [0.29, 0.717) is 23.8 Å². The first kappa shape index (κ1) is 18.7. The number of carbonyl (C=O) groups is 1. The lowest BCUT2D eigenvalue weighted by Crippen LogP contribution is -2.26. The second-order valence-electron chi connectivity index (χ2n) is 5.74. The predicted molar refractivity (Wildman–Crippen MR) is 106 cm³/mol. The number of rotatable bonds is 7. The molecule has 0 aliphatic rings. The highest BCUT2D eigenvalue weighted by Crippen LogP contribution is 2.19. The smallest absolute Gasteiger partial charge is 0.270 e. The van der Waals surface area contributed by atoms with Crippen molar-refractivity contribution in [2.24, 2.45) is 0 Å². The Labute approximate surface area is 162 Å². The van der Waals surface area contributed by atoms with Crippen molar-refractivity contribution in [2.45, 2.75) is 6.42 Å². The molecule has 27 heavy (non-hydrogen) atoms. The van der Waals surface area contributed by atoms with Crippen molar-refractivity contribution >= 4 is 29.0 Å². The summed E-state index contributed by atoms with van der Waals surface area (Å²) in [5.74, 6) is 1.06. The monoisotopic (exact) mass is 382 g/mol. The van der Waals surface area contributed by atoms with Gasteiger partial charge in [0.2, 0.25) is 0 Å². The van der Waals surface area contributed by atoms with E-state index in [2.05, 4.69) is 20.6 Å². The standard InChI is InChI=1S/C20H19ClN4O2/c1-27-18-8-3-2-5-14(18)9-10-22-20(26)17-12-19(24-13-23-17)25-16-7-4-6-15(21)11-16/h2-8,11-13H,9-10H2,1H3,(H,22,26)(H,23,24,25). The van der Waals surface area contributed by atoms with Crippen molar-refractivity contribution in [3.8, 4) is 5.75 Å². The highest BCUT2D eigenvalue weighted by Gasteiger charge is 2.09. The third-order valence-corrected chi connectivity index (χ3v) is 4.10. The van der Waals surface area contributed by atoms with Gasteiger partial charge in [0.05, 0.1) is 7.11 Å². The molecule has 0 unspecified atom stereocenters. The number of halogens is 1. The topological polar surface area (TPSA) is 76.1 Å². The van der Waals surface area contributed by atoms with E-state index in [9.17, 15) is 4.79 Å². The minimum Gasteiger partial charge on any atom is -0.496 e. The summed E-state index contributed by atoms with van der Waals surface area (Å²) in [5.41, 5.74) is 2.10. The molecule has 3 rings (SSSR count). The molecule has 0 radical (unpaired) electrons. The number of methoxy groups -OCH3 is 1. The van der Waals surface area contributed by atoms with Crippen molar-refractivity contribution in [3.05, 3.63) is 77.2 Å². The van der Waals surface area contributed by atoms with Gasteiger partial charge in [-0.05, 0) is 36.2 Å². The van der Waals surface area contributed by atoms with Gasteiger partial charge in [-0.25, -0.2) is 9.97 Å². The zero-order valence-electron chi connectivity index (χ0n) is 14.8. The second kappa shape index (κ2) is 9.00. The molecule has 0 saturated heterocycles. The summed E-state index contributed by atoms with van der Waals surface area (Å²) in [6.45, 7) is 0.472. The van der Waals surface area contributed by atoms with Crippen LogP contribution in [0.3, 0.4) is 0 Å². The maximum atomic E-state index is 12.4. The van der Waals surface area contributed by atoms with E-state index in [1.54, 1.807) is 25.3 Å². The Morgan fingerprint density at radius 1 is 1.11 bits per heavy atom. The van der Waals surface area contributed by atoms with E-state index in [1.165, 1.54) is 6.33 Å². The first-order valence-electron chi connectivity index (χ1n) is 8.40. The van der Waals surface area contributed by atoms with Crippen LogP contribution in [-0.2, 0) is 6.42 Å². The molecule has 2 N–H and O–H groups in total. The van der Waals surface area contributed by atoms with Gasteiger partial charge < -0.3 is 15.4 Å². The van der Waals surface area contributed by atoms with Crippen LogP contribution in [0.15, 0.2) is 60.9 Å². The number of aromatic nitrogens is 2. The zero-order chi connectivity index (χ0) is 19.1. The van der Waals surface area contributed by atoms with Crippen LogP contribution in [0.4, 0.5) is 11.5 Å². The first-order chi connectivity index (χ1) is 13.2. The Morgan fingerprint density at radius 2 is 1.96 bits per heavy atom. The third kappa shape index (κ3) is 5.18.